The number of ether oxygens (including phenoxy) is 2. The quantitative estimate of drug-likeness (QED) is 0.344. The Morgan fingerprint density at radius 2 is 2.18 bits per heavy atom. The fraction of sp³-hybridized carbons (Fsp3) is 0.625. The van der Waals surface area contributed by atoms with Crippen molar-refractivity contribution in [2.45, 2.75) is 13.8 Å². The van der Waals surface area contributed by atoms with E-state index in [1.807, 2.05) is 0 Å². The van der Waals surface area contributed by atoms with Crippen LogP contribution in [0.25, 0.3) is 0 Å². The summed E-state index contributed by atoms with van der Waals surface area (Å²) in [5.74, 6) is -0.267. The Balaban J connectivity index is 3.24. The first-order valence-corrected chi connectivity index (χ1v) is 3.57. The molecular formula is C8H14O3. The van der Waals surface area contributed by atoms with Gasteiger partial charge in [-0.15, -0.1) is 0 Å². The molecule has 0 atom stereocenters. The zero-order chi connectivity index (χ0) is 8.69. The molecule has 0 bridgehead atoms. The number of carbonyl (C=O) groups is 1. The number of carbonyl (C=O) groups excluding carboxylic acids is 1. The van der Waals surface area contributed by atoms with Gasteiger partial charge in [-0.2, -0.15) is 0 Å². The average molecular weight is 158 g/mol. The summed E-state index contributed by atoms with van der Waals surface area (Å²) in [6.45, 7) is 7.60. The molecule has 0 aliphatic heterocycles. The lowest BCUT2D eigenvalue weighted by atomic mass is 10.2. The summed E-state index contributed by atoms with van der Waals surface area (Å²) in [6, 6.07) is 0. The van der Waals surface area contributed by atoms with E-state index in [0.717, 1.165) is 0 Å². The Bertz CT molecular complexity index is 129. The summed E-state index contributed by atoms with van der Waals surface area (Å²) in [5.41, 5.74) is 0. The molecule has 0 fully saturated rings. The van der Waals surface area contributed by atoms with Gasteiger partial charge in [0, 0.05) is 0 Å². The van der Waals surface area contributed by atoms with Crippen molar-refractivity contribution in [3.8, 4) is 0 Å². The lowest BCUT2D eigenvalue weighted by molar-refractivity contribution is -0.148. The van der Waals surface area contributed by atoms with E-state index in [-0.39, 0.29) is 11.9 Å². The third-order valence-corrected chi connectivity index (χ3v) is 1.03. The van der Waals surface area contributed by atoms with E-state index in [1.165, 1.54) is 6.26 Å². The maximum absolute atomic E-state index is 10.8. The minimum absolute atomic E-state index is 0.0706. The van der Waals surface area contributed by atoms with Crippen molar-refractivity contribution in [3.63, 3.8) is 0 Å². The molecule has 0 aliphatic carbocycles. The largest absolute Gasteiger partial charge is 0.498 e. The van der Waals surface area contributed by atoms with Crippen LogP contribution in [-0.4, -0.2) is 19.2 Å². The van der Waals surface area contributed by atoms with Crippen LogP contribution in [0.3, 0.4) is 0 Å². The van der Waals surface area contributed by atoms with Crippen molar-refractivity contribution < 1.29 is 14.3 Å². The summed E-state index contributed by atoms with van der Waals surface area (Å²) in [4.78, 5) is 10.8. The predicted octanol–water partition coefficient (Wildman–Crippen LogP) is 1.35. The molecule has 11 heavy (non-hydrogen) atoms. The second-order valence-corrected chi connectivity index (χ2v) is 2.36. The van der Waals surface area contributed by atoms with Crippen LogP contribution in [0.15, 0.2) is 12.8 Å². The van der Waals surface area contributed by atoms with E-state index in [1.54, 1.807) is 13.8 Å². The molecule has 0 amide bonds. The maximum Gasteiger partial charge on any atom is 0.308 e. The van der Waals surface area contributed by atoms with E-state index in [9.17, 15) is 4.79 Å². The predicted molar refractivity (Wildman–Crippen MR) is 41.9 cm³/mol. The molecule has 3 heteroatoms. The van der Waals surface area contributed by atoms with Gasteiger partial charge in [0.2, 0.25) is 0 Å². The molecule has 0 N–H and O–H groups in total. The first-order chi connectivity index (χ1) is 5.18. The molecule has 0 aromatic rings. The summed E-state index contributed by atoms with van der Waals surface area (Å²) < 4.78 is 9.54. The van der Waals surface area contributed by atoms with E-state index in [2.05, 4.69) is 6.58 Å². The Hall–Kier alpha value is -0.990. The Labute approximate surface area is 67.0 Å². The van der Waals surface area contributed by atoms with Crippen molar-refractivity contribution in [2.75, 3.05) is 13.2 Å². The van der Waals surface area contributed by atoms with Crippen molar-refractivity contribution >= 4 is 5.97 Å². The highest BCUT2D eigenvalue weighted by Gasteiger charge is 2.06. The molecule has 0 saturated heterocycles. The molecule has 3 nitrogen and oxygen atoms in total. The van der Waals surface area contributed by atoms with Gasteiger partial charge < -0.3 is 9.47 Å². The third kappa shape index (κ3) is 5.45. The van der Waals surface area contributed by atoms with Gasteiger partial charge in [0.25, 0.3) is 0 Å². The van der Waals surface area contributed by atoms with Gasteiger partial charge in [-0.05, 0) is 0 Å². The normalized spacial score (nSPS) is 9.36. The minimum Gasteiger partial charge on any atom is -0.498 e. The number of hydrogen-bond acceptors (Lipinski definition) is 3. The van der Waals surface area contributed by atoms with Crippen molar-refractivity contribution in [2.24, 2.45) is 5.92 Å². The van der Waals surface area contributed by atoms with Gasteiger partial charge >= 0.3 is 5.97 Å². The Morgan fingerprint density at radius 1 is 1.55 bits per heavy atom. The third-order valence-electron chi connectivity index (χ3n) is 1.03. The fourth-order valence-electron chi connectivity index (χ4n) is 0.440. The van der Waals surface area contributed by atoms with E-state index in [4.69, 9.17) is 9.47 Å². The summed E-state index contributed by atoms with van der Waals surface area (Å²) >= 11 is 0. The number of rotatable bonds is 5. The van der Waals surface area contributed by atoms with Crippen LogP contribution < -0.4 is 0 Å². The van der Waals surface area contributed by atoms with Gasteiger partial charge in [0.15, 0.2) is 0 Å². The molecule has 0 saturated carbocycles. The van der Waals surface area contributed by atoms with Gasteiger partial charge in [0.1, 0.15) is 13.2 Å². The lowest BCUT2D eigenvalue weighted by Crippen LogP contribution is -2.14. The van der Waals surface area contributed by atoms with Crippen molar-refractivity contribution in [3.05, 3.63) is 12.8 Å². The molecule has 0 heterocycles. The maximum atomic E-state index is 10.8. The first-order valence-electron chi connectivity index (χ1n) is 3.57. The molecule has 0 aromatic carbocycles. The van der Waals surface area contributed by atoms with E-state index >= 15 is 0 Å². The summed E-state index contributed by atoms with van der Waals surface area (Å²) in [7, 11) is 0. The SMILES string of the molecule is C=COCCOC(=O)C(C)C. The van der Waals surface area contributed by atoms with Crippen molar-refractivity contribution in [1.82, 2.24) is 0 Å². The zero-order valence-electron chi connectivity index (χ0n) is 7.00. The number of esters is 1. The van der Waals surface area contributed by atoms with Gasteiger partial charge in [-0.3, -0.25) is 4.79 Å². The average Bonchev–Trinajstić information content (AvgIpc) is 1.97. The molecule has 0 rings (SSSR count). The molecule has 0 aliphatic rings. The molecule has 0 spiro atoms. The van der Waals surface area contributed by atoms with Crippen molar-refractivity contribution in [1.29, 1.82) is 0 Å². The zero-order valence-corrected chi connectivity index (χ0v) is 7.00. The summed E-state index contributed by atoms with van der Waals surface area (Å²) in [6.07, 6.45) is 1.32. The van der Waals surface area contributed by atoms with Crippen LogP contribution in [0.5, 0.6) is 0 Å². The highest BCUT2D eigenvalue weighted by molar-refractivity contribution is 5.71. The second-order valence-electron chi connectivity index (χ2n) is 2.36. The molecule has 0 aromatic heterocycles. The monoisotopic (exact) mass is 158 g/mol. The van der Waals surface area contributed by atoms with Gasteiger partial charge in [-0.25, -0.2) is 0 Å². The topological polar surface area (TPSA) is 35.5 Å². The van der Waals surface area contributed by atoms with Crippen LogP contribution >= 0.6 is 0 Å². The van der Waals surface area contributed by atoms with Crippen LogP contribution in [0, 0.1) is 5.92 Å². The molecular weight excluding hydrogens is 144 g/mol. The highest BCUT2D eigenvalue weighted by atomic mass is 16.6. The van der Waals surface area contributed by atoms with E-state index < -0.39 is 0 Å². The van der Waals surface area contributed by atoms with Crippen LogP contribution in [0.1, 0.15) is 13.8 Å². The molecule has 64 valence electrons. The van der Waals surface area contributed by atoms with Crippen LogP contribution in [0.4, 0.5) is 0 Å². The minimum atomic E-state index is -0.197. The standard InChI is InChI=1S/C8H14O3/c1-4-10-5-6-11-8(9)7(2)3/h4,7H,1,5-6H2,2-3H3. The van der Waals surface area contributed by atoms with Gasteiger partial charge in [-0.1, -0.05) is 20.4 Å². The lowest BCUT2D eigenvalue weighted by Gasteiger charge is -2.05. The van der Waals surface area contributed by atoms with Crippen LogP contribution in [-0.2, 0) is 14.3 Å². The second kappa shape index (κ2) is 5.77. The van der Waals surface area contributed by atoms with Crippen LogP contribution in [0.2, 0.25) is 0 Å². The Kier molecular flexibility index (Phi) is 5.25. The van der Waals surface area contributed by atoms with E-state index in [0.29, 0.717) is 13.2 Å². The van der Waals surface area contributed by atoms with Gasteiger partial charge in [0.05, 0.1) is 12.2 Å². The molecule has 0 unspecified atom stereocenters. The first kappa shape index (κ1) is 10.0. The highest BCUT2D eigenvalue weighted by Crippen LogP contribution is 1.94. The summed E-state index contributed by atoms with van der Waals surface area (Å²) in [5, 5.41) is 0. The molecule has 0 radical (unpaired) electrons. The smallest absolute Gasteiger partial charge is 0.308 e. The Morgan fingerprint density at radius 3 is 2.64 bits per heavy atom. The number of hydrogen-bond donors (Lipinski definition) is 0. The fourth-order valence-corrected chi connectivity index (χ4v) is 0.440.